The molecule has 1 heterocycles. The molecule has 0 saturated carbocycles. The van der Waals surface area contributed by atoms with Crippen molar-refractivity contribution in [1.29, 1.82) is 0 Å². The molecule has 7 nitrogen and oxygen atoms in total. The highest BCUT2D eigenvalue weighted by Gasteiger charge is 2.26. The van der Waals surface area contributed by atoms with E-state index < -0.39 is 17.5 Å². The van der Waals surface area contributed by atoms with Gasteiger partial charge < -0.3 is 14.6 Å². The van der Waals surface area contributed by atoms with E-state index in [0.29, 0.717) is 15.4 Å². The second kappa shape index (κ2) is 10.5. The van der Waals surface area contributed by atoms with Crippen LogP contribution in [0.1, 0.15) is 43.6 Å². The van der Waals surface area contributed by atoms with Crippen molar-refractivity contribution in [2.24, 2.45) is 0 Å². The van der Waals surface area contributed by atoms with E-state index in [2.05, 4.69) is 0 Å². The fraction of sp³-hybridized carbons (Fsp3) is 0.421. The van der Waals surface area contributed by atoms with Gasteiger partial charge in [0.1, 0.15) is 0 Å². The van der Waals surface area contributed by atoms with Crippen LogP contribution in [0.4, 0.5) is 0 Å². The smallest absolute Gasteiger partial charge is 0.356 e. The van der Waals surface area contributed by atoms with Gasteiger partial charge in [0.05, 0.1) is 35.1 Å². The molecule has 0 fully saturated rings. The standard InChI is InChI=1S/C19H20Cl2INO6/c1-3-5-8-29-17-13-10(9-11(20)14(21)15(13)22)18(25)23(16(17)19(26)27)7-6-12(24)28-4-2/h9H,3-8H2,1-2H3,(H,26,27). The summed E-state index contributed by atoms with van der Waals surface area (Å²) in [5.74, 6) is -1.85. The zero-order valence-corrected chi connectivity index (χ0v) is 19.6. The highest BCUT2D eigenvalue weighted by atomic mass is 127. The number of pyridine rings is 1. The molecule has 0 spiro atoms. The Labute approximate surface area is 191 Å². The van der Waals surface area contributed by atoms with Gasteiger partial charge in [0.2, 0.25) is 0 Å². The normalized spacial score (nSPS) is 10.9. The van der Waals surface area contributed by atoms with Crippen LogP contribution in [0.5, 0.6) is 5.75 Å². The van der Waals surface area contributed by atoms with Crippen molar-refractivity contribution in [3.05, 3.63) is 35.7 Å². The Balaban J connectivity index is 2.80. The number of carbonyl (C=O) groups is 2. The third kappa shape index (κ3) is 5.16. The average Bonchev–Trinajstić information content (AvgIpc) is 2.66. The molecule has 0 aliphatic rings. The summed E-state index contributed by atoms with van der Waals surface area (Å²) in [5.41, 5.74) is -0.930. The minimum Gasteiger partial charge on any atom is -0.490 e. The van der Waals surface area contributed by atoms with Crippen LogP contribution in [0, 0.1) is 3.57 Å². The Morgan fingerprint density at radius 2 is 1.97 bits per heavy atom. The number of benzene rings is 1. The number of carbonyl (C=O) groups excluding carboxylic acids is 1. The first-order chi connectivity index (χ1) is 13.7. The summed E-state index contributed by atoms with van der Waals surface area (Å²) in [4.78, 5) is 37.0. The summed E-state index contributed by atoms with van der Waals surface area (Å²) in [6.07, 6.45) is 1.37. The fourth-order valence-corrected chi connectivity index (χ4v) is 4.13. The van der Waals surface area contributed by atoms with Gasteiger partial charge >= 0.3 is 11.9 Å². The number of ether oxygens (including phenoxy) is 2. The van der Waals surface area contributed by atoms with Crippen molar-refractivity contribution >= 4 is 68.5 Å². The SMILES string of the molecule is CCCCOc1c(C(=O)O)n(CCC(=O)OCC)c(=O)c2cc(Cl)c(Cl)c(I)c12. The molecule has 0 amide bonds. The highest BCUT2D eigenvalue weighted by Crippen LogP contribution is 2.39. The number of hydrogen-bond donors (Lipinski definition) is 1. The third-order valence-electron chi connectivity index (χ3n) is 4.14. The zero-order valence-electron chi connectivity index (χ0n) is 15.9. The number of hydrogen-bond acceptors (Lipinski definition) is 5. The van der Waals surface area contributed by atoms with Gasteiger partial charge in [-0.05, 0) is 42.0 Å². The molecule has 1 aromatic heterocycles. The second-order valence-corrected chi connectivity index (χ2v) is 7.97. The summed E-state index contributed by atoms with van der Waals surface area (Å²) >= 11 is 14.3. The van der Waals surface area contributed by atoms with E-state index in [-0.39, 0.29) is 53.1 Å². The van der Waals surface area contributed by atoms with Gasteiger partial charge in [-0.1, -0.05) is 36.5 Å². The van der Waals surface area contributed by atoms with Gasteiger partial charge in [0, 0.05) is 15.5 Å². The van der Waals surface area contributed by atoms with Gasteiger partial charge in [-0.3, -0.25) is 14.2 Å². The van der Waals surface area contributed by atoms with Crippen molar-refractivity contribution in [1.82, 2.24) is 4.57 Å². The first kappa shape index (κ1) is 23.8. The molecule has 0 radical (unpaired) electrons. The van der Waals surface area contributed by atoms with E-state index >= 15 is 0 Å². The maximum absolute atomic E-state index is 13.1. The lowest BCUT2D eigenvalue weighted by molar-refractivity contribution is -0.143. The second-order valence-electron chi connectivity index (χ2n) is 6.11. The van der Waals surface area contributed by atoms with Gasteiger partial charge in [-0.2, -0.15) is 0 Å². The summed E-state index contributed by atoms with van der Waals surface area (Å²) in [5, 5.41) is 10.7. The van der Waals surface area contributed by atoms with Crippen LogP contribution in [0.25, 0.3) is 10.8 Å². The van der Waals surface area contributed by atoms with E-state index in [1.165, 1.54) is 6.07 Å². The number of esters is 1. The number of halogens is 3. The fourth-order valence-electron chi connectivity index (χ4n) is 2.79. The quantitative estimate of drug-likeness (QED) is 0.208. The van der Waals surface area contributed by atoms with Crippen LogP contribution < -0.4 is 10.3 Å². The van der Waals surface area contributed by atoms with Crippen LogP contribution >= 0.6 is 45.8 Å². The van der Waals surface area contributed by atoms with Crippen LogP contribution in [0.3, 0.4) is 0 Å². The maximum Gasteiger partial charge on any atom is 0.356 e. The summed E-state index contributed by atoms with van der Waals surface area (Å²) < 4.78 is 12.1. The molecule has 2 aromatic rings. The first-order valence-electron chi connectivity index (χ1n) is 9.00. The van der Waals surface area contributed by atoms with E-state index in [9.17, 15) is 19.5 Å². The zero-order chi connectivity index (χ0) is 21.7. The van der Waals surface area contributed by atoms with Crippen LogP contribution in [0.2, 0.25) is 10.0 Å². The number of carboxylic acids is 1. The molecular weight excluding hydrogens is 536 g/mol. The third-order valence-corrected chi connectivity index (χ3v) is 6.33. The van der Waals surface area contributed by atoms with E-state index in [1.807, 2.05) is 29.5 Å². The Bertz CT molecular complexity index is 1000. The number of rotatable bonds is 9. The Morgan fingerprint density at radius 1 is 1.28 bits per heavy atom. The van der Waals surface area contributed by atoms with Crippen molar-refractivity contribution in [3.63, 3.8) is 0 Å². The lowest BCUT2D eigenvalue weighted by Crippen LogP contribution is -2.29. The Kier molecular flexibility index (Phi) is 8.59. The topological polar surface area (TPSA) is 94.8 Å². The maximum atomic E-state index is 13.1. The van der Waals surface area contributed by atoms with Gasteiger partial charge in [-0.15, -0.1) is 0 Å². The number of fused-ring (bicyclic) bond motifs is 1. The van der Waals surface area contributed by atoms with Crippen molar-refractivity contribution in [3.8, 4) is 5.75 Å². The molecule has 29 heavy (non-hydrogen) atoms. The molecule has 0 atom stereocenters. The molecule has 1 aromatic carbocycles. The summed E-state index contributed by atoms with van der Waals surface area (Å²) in [6.45, 7) is 3.92. The van der Waals surface area contributed by atoms with E-state index in [1.54, 1.807) is 6.92 Å². The molecule has 0 aliphatic heterocycles. The number of nitrogens with zero attached hydrogens (tertiary/aromatic N) is 1. The summed E-state index contributed by atoms with van der Waals surface area (Å²) in [6, 6.07) is 1.39. The molecule has 1 N–H and O–H groups in total. The molecule has 0 bridgehead atoms. The number of carboxylic acid groups (broad SMARTS) is 1. The van der Waals surface area contributed by atoms with Crippen LogP contribution in [0.15, 0.2) is 10.9 Å². The molecule has 158 valence electrons. The largest absolute Gasteiger partial charge is 0.490 e. The van der Waals surface area contributed by atoms with Gasteiger partial charge in [0.25, 0.3) is 5.56 Å². The Hall–Kier alpha value is -1.52. The van der Waals surface area contributed by atoms with Crippen LogP contribution in [-0.2, 0) is 16.1 Å². The Morgan fingerprint density at radius 3 is 2.55 bits per heavy atom. The lowest BCUT2D eigenvalue weighted by atomic mass is 10.1. The minimum absolute atomic E-state index is 0.0346. The van der Waals surface area contributed by atoms with Crippen molar-refractivity contribution < 1.29 is 24.2 Å². The van der Waals surface area contributed by atoms with Crippen molar-refractivity contribution in [2.75, 3.05) is 13.2 Å². The molecule has 2 rings (SSSR count). The molecule has 0 aliphatic carbocycles. The first-order valence-corrected chi connectivity index (χ1v) is 10.8. The highest BCUT2D eigenvalue weighted by molar-refractivity contribution is 14.1. The van der Waals surface area contributed by atoms with E-state index in [4.69, 9.17) is 32.7 Å². The lowest BCUT2D eigenvalue weighted by Gasteiger charge is -2.19. The molecule has 10 heteroatoms. The number of unbranched alkanes of at least 4 members (excludes halogenated alkanes) is 1. The van der Waals surface area contributed by atoms with Gasteiger partial charge in [0.15, 0.2) is 11.4 Å². The molecular formula is C19H20Cl2INO6. The van der Waals surface area contributed by atoms with Crippen molar-refractivity contribution in [2.45, 2.75) is 39.7 Å². The molecule has 0 saturated heterocycles. The average molecular weight is 556 g/mol. The predicted molar refractivity (Wildman–Crippen MR) is 120 cm³/mol. The van der Waals surface area contributed by atoms with Crippen LogP contribution in [-0.4, -0.2) is 34.8 Å². The van der Waals surface area contributed by atoms with Gasteiger partial charge in [-0.25, -0.2) is 4.79 Å². The molecule has 0 unspecified atom stereocenters. The number of aromatic nitrogens is 1. The minimum atomic E-state index is -1.35. The number of aromatic carboxylic acids is 1. The summed E-state index contributed by atoms with van der Waals surface area (Å²) in [7, 11) is 0. The monoisotopic (exact) mass is 555 g/mol. The van der Waals surface area contributed by atoms with E-state index in [0.717, 1.165) is 11.0 Å². The predicted octanol–water partition coefficient (Wildman–Crippen LogP) is 4.74.